The van der Waals surface area contributed by atoms with E-state index in [1.807, 2.05) is 0 Å². The van der Waals surface area contributed by atoms with Gasteiger partial charge in [-0.3, -0.25) is 0 Å². The summed E-state index contributed by atoms with van der Waals surface area (Å²) < 4.78 is 46.3. The van der Waals surface area contributed by atoms with Crippen molar-refractivity contribution in [1.82, 2.24) is 0 Å². The fourth-order valence-electron chi connectivity index (χ4n) is 1.73. The molecule has 3 N–H and O–H groups in total. The van der Waals surface area contributed by atoms with Gasteiger partial charge in [0, 0.05) is 17.8 Å². The topological polar surface area (TPSA) is 60.9 Å². The van der Waals surface area contributed by atoms with Gasteiger partial charge in [0.05, 0.1) is 0 Å². The van der Waals surface area contributed by atoms with Crippen molar-refractivity contribution in [3.05, 3.63) is 60.1 Å². The van der Waals surface area contributed by atoms with Gasteiger partial charge in [-0.25, -0.2) is 0 Å². The Labute approximate surface area is 135 Å². The molecule has 0 fully saturated rings. The predicted molar refractivity (Wildman–Crippen MR) is 85.1 cm³/mol. The first-order valence-corrected chi connectivity index (χ1v) is 6.62. The molecule has 0 radical (unpaired) electrons. The van der Waals surface area contributed by atoms with Crippen molar-refractivity contribution in [2.75, 3.05) is 11.1 Å². The molecule has 0 bridgehead atoms. The number of nitrogens with two attached hydrogens (primary N) is 1. The molecule has 0 saturated heterocycles. The van der Waals surface area contributed by atoms with Gasteiger partial charge in [-0.1, -0.05) is 6.07 Å². The van der Waals surface area contributed by atoms with Crippen LogP contribution >= 0.6 is 0 Å². The second kappa shape index (κ2) is 7.28. The Balaban J connectivity index is 2.25. The fourth-order valence-corrected chi connectivity index (χ4v) is 1.73. The Kier molecular flexibility index (Phi) is 5.16. The van der Waals surface area contributed by atoms with Crippen LogP contribution in [-0.2, 0) is 0 Å². The number of ether oxygens (including phenoxy) is 2. The minimum absolute atomic E-state index is 0.144. The van der Waals surface area contributed by atoms with E-state index < -0.39 is 12.1 Å². The summed E-state index contributed by atoms with van der Waals surface area (Å²) in [6.07, 6.45) is -0.996. The molecule has 0 aromatic heterocycles. The summed E-state index contributed by atoms with van der Waals surface area (Å²) in [6, 6.07) is 9.89. The summed E-state index contributed by atoms with van der Waals surface area (Å²) in [5.41, 5.74) is 6.59. The SMILES string of the molecule is C=C[N+]#CNc1ccc(N)cc1Oc1cccc(OC(F)(F)F)c1. The van der Waals surface area contributed by atoms with Crippen LogP contribution in [0, 0.1) is 6.19 Å². The Morgan fingerprint density at radius 3 is 2.62 bits per heavy atom. The lowest BCUT2D eigenvalue weighted by Gasteiger charge is -2.11. The largest absolute Gasteiger partial charge is 0.573 e. The molecule has 2 aromatic rings. The monoisotopic (exact) mass is 336 g/mol. The zero-order chi connectivity index (χ0) is 17.6. The molecule has 8 heteroatoms. The molecular formula is C16H13F3N3O2+. The van der Waals surface area contributed by atoms with Crippen LogP contribution in [0.5, 0.6) is 17.2 Å². The average molecular weight is 336 g/mol. The number of halogens is 3. The van der Waals surface area contributed by atoms with Gasteiger partial charge >= 0.3 is 12.6 Å². The van der Waals surface area contributed by atoms with Crippen molar-refractivity contribution < 1.29 is 22.6 Å². The predicted octanol–water partition coefficient (Wildman–Crippen LogP) is 4.81. The van der Waals surface area contributed by atoms with Gasteiger partial charge in [-0.2, -0.15) is 10.2 Å². The minimum Gasteiger partial charge on any atom is -0.453 e. The van der Waals surface area contributed by atoms with E-state index >= 15 is 0 Å². The van der Waals surface area contributed by atoms with Crippen LogP contribution in [0.4, 0.5) is 24.5 Å². The lowest BCUT2D eigenvalue weighted by Crippen LogP contribution is -2.17. The Bertz CT molecular complexity index is 795. The molecule has 0 spiro atoms. The number of nitrogens with zero attached hydrogens (tertiary/aromatic N) is 1. The Morgan fingerprint density at radius 1 is 1.17 bits per heavy atom. The summed E-state index contributed by atoms with van der Waals surface area (Å²) in [7, 11) is 0. The molecule has 0 unspecified atom stereocenters. The molecule has 2 aromatic carbocycles. The van der Waals surface area contributed by atoms with Crippen molar-refractivity contribution in [3.63, 3.8) is 0 Å². The van der Waals surface area contributed by atoms with Crippen LogP contribution in [0.15, 0.2) is 55.2 Å². The zero-order valence-electron chi connectivity index (χ0n) is 12.3. The van der Waals surface area contributed by atoms with Gasteiger partial charge in [0.1, 0.15) is 11.5 Å². The quantitative estimate of drug-likeness (QED) is 0.478. The molecule has 0 atom stereocenters. The average Bonchev–Trinajstić information content (AvgIpc) is 2.48. The van der Waals surface area contributed by atoms with Gasteiger partial charge in [-0.05, 0) is 30.8 Å². The fraction of sp³-hybridized carbons (Fsp3) is 0.0625. The number of benzene rings is 2. The molecule has 0 aliphatic heterocycles. The van der Waals surface area contributed by atoms with E-state index in [2.05, 4.69) is 27.7 Å². The third-order valence-corrected chi connectivity index (χ3v) is 2.62. The number of anilines is 2. The lowest BCUT2D eigenvalue weighted by atomic mass is 10.2. The highest BCUT2D eigenvalue weighted by molar-refractivity contribution is 5.65. The molecule has 0 aliphatic carbocycles. The van der Waals surface area contributed by atoms with E-state index in [0.29, 0.717) is 11.4 Å². The molecular weight excluding hydrogens is 323 g/mol. The molecule has 2 rings (SSSR count). The highest BCUT2D eigenvalue weighted by Crippen LogP contribution is 2.33. The third kappa shape index (κ3) is 5.14. The van der Waals surface area contributed by atoms with Crippen LogP contribution in [0.1, 0.15) is 0 Å². The van der Waals surface area contributed by atoms with Crippen molar-refractivity contribution in [2.45, 2.75) is 6.36 Å². The van der Waals surface area contributed by atoms with Gasteiger partial charge in [-0.15, -0.1) is 13.2 Å². The smallest absolute Gasteiger partial charge is 0.453 e. The van der Waals surface area contributed by atoms with E-state index in [9.17, 15) is 13.2 Å². The van der Waals surface area contributed by atoms with Gasteiger partial charge in [0.2, 0.25) is 0 Å². The Hall–Kier alpha value is -3.34. The highest BCUT2D eigenvalue weighted by atomic mass is 19.4. The summed E-state index contributed by atoms with van der Waals surface area (Å²) in [5.74, 6) is 0.0372. The second-order valence-electron chi connectivity index (χ2n) is 4.43. The van der Waals surface area contributed by atoms with Crippen molar-refractivity contribution >= 4 is 11.4 Å². The van der Waals surface area contributed by atoms with Crippen LogP contribution in [0.3, 0.4) is 0 Å². The number of nitrogen functional groups attached to an aromatic ring is 1. The number of hydrogen-bond donors (Lipinski definition) is 2. The molecule has 0 amide bonds. The lowest BCUT2D eigenvalue weighted by molar-refractivity contribution is -0.274. The number of nitrogens with one attached hydrogen (secondary N) is 1. The summed E-state index contributed by atoms with van der Waals surface area (Å²) >= 11 is 0. The molecule has 0 saturated carbocycles. The van der Waals surface area contributed by atoms with E-state index in [-0.39, 0.29) is 11.5 Å². The van der Waals surface area contributed by atoms with Crippen LogP contribution in [0.2, 0.25) is 0 Å². The molecule has 124 valence electrons. The van der Waals surface area contributed by atoms with E-state index in [4.69, 9.17) is 10.5 Å². The third-order valence-electron chi connectivity index (χ3n) is 2.62. The summed E-state index contributed by atoms with van der Waals surface area (Å²) in [6.45, 7) is 3.41. The summed E-state index contributed by atoms with van der Waals surface area (Å²) in [4.78, 5) is 3.66. The van der Waals surface area contributed by atoms with E-state index in [1.165, 1.54) is 30.5 Å². The van der Waals surface area contributed by atoms with Gasteiger partial charge < -0.3 is 15.2 Å². The maximum atomic E-state index is 12.3. The van der Waals surface area contributed by atoms with Crippen molar-refractivity contribution in [1.29, 1.82) is 0 Å². The normalized spacial score (nSPS) is 10.3. The first-order valence-electron chi connectivity index (χ1n) is 6.62. The summed E-state index contributed by atoms with van der Waals surface area (Å²) in [5, 5.41) is 2.73. The van der Waals surface area contributed by atoms with Crippen molar-refractivity contribution in [2.24, 2.45) is 0 Å². The van der Waals surface area contributed by atoms with Crippen molar-refractivity contribution in [3.8, 4) is 23.4 Å². The Morgan fingerprint density at radius 2 is 1.92 bits per heavy atom. The molecule has 5 nitrogen and oxygen atoms in total. The highest BCUT2D eigenvalue weighted by Gasteiger charge is 2.31. The molecule has 24 heavy (non-hydrogen) atoms. The van der Waals surface area contributed by atoms with Gasteiger partial charge in [0.15, 0.2) is 17.6 Å². The van der Waals surface area contributed by atoms with Crippen LogP contribution in [0.25, 0.3) is 4.85 Å². The maximum absolute atomic E-state index is 12.3. The van der Waals surface area contributed by atoms with E-state index in [1.54, 1.807) is 12.1 Å². The first-order chi connectivity index (χ1) is 11.4. The molecule has 0 aliphatic rings. The van der Waals surface area contributed by atoms with Crippen LogP contribution < -0.4 is 20.5 Å². The van der Waals surface area contributed by atoms with Crippen LogP contribution in [-0.4, -0.2) is 6.36 Å². The number of rotatable bonds is 4. The van der Waals surface area contributed by atoms with Gasteiger partial charge in [0.25, 0.3) is 0 Å². The maximum Gasteiger partial charge on any atom is 0.573 e. The van der Waals surface area contributed by atoms with E-state index in [0.717, 1.165) is 6.07 Å². The molecule has 0 heterocycles. The number of alkyl halides is 3. The second-order valence-corrected chi connectivity index (χ2v) is 4.43. The first kappa shape index (κ1) is 17.0. The zero-order valence-corrected chi connectivity index (χ0v) is 12.3. The minimum atomic E-state index is -4.78. The number of hydrogen-bond acceptors (Lipinski definition) is 4. The standard InChI is InChI=1S/C16H12F3N3O2/c1-2-21-10-22-14-7-6-11(20)8-15(14)23-12-4-3-5-13(9-12)24-16(17,18)19/h2-9H,1,20H2/p+1.